The van der Waals surface area contributed by atoms with E-state index in [0.29, 0.717) is 13.0 Å². The molecule has 1 aliphatic carbocycles. The van der Waals surface area contributed by atoms with E-state index in [1.807, 2.05) is 0 Å². The second-order valence-corrected chi connectivity index (χ2v) is 5.41. The molecule has 0 aromatic carbocycles. The third kappa shape index (κ3) is 1.87. The minimum atomic E-state index is -0.982. The first-order chi connectivity index (χ1) is 8.59. The van der Waals surface area contributed by atoms with Crippen LogP contribution in [0.5, 0.6) is 0 Å². The van der Waals surface area contributed by atoms with E-state index < -0.39 is 11.6 Å². The van der Waals surface area contributed by atoms with Crippen molar-refractivity contribution in [1.29, 1.82) is 0 Å². The third-order valence-corrected chi connectivity index (χ3v) is 4.00. The number of carbonyl (C=O) groups is 1. The highest BCUT2D eigenvalue weighted by molar-refractivity contribution is 5.86. The molecule has 0 radical (unpaired) electrons. The average molecular weight is 253 g/mol. The van der Waals surface area contributed by atoms with Gasteiger partial charge in [0.2, 0.25) is 5.91 Å². The minimum Gasteiger partial charge on any atom is -0.353 e. The second-order valence-electron chi connectivity index (χ2n) is 5.41. The van der Waals surface area contributed by atoms with Gasteiger partial charge in [-0.05, 0) is 36.6 Å². The molecule has 1 saturated carbocycles. The highest BCUT2D eigenvalue weighted by atomic mass is 19.1. The van der Waals surface area contributed by atoms with Gasteiger partial charge in [-0.15, -0.1) is 5.10 Å². The molecule has 0 bridgehead atoms. The number of alkyl halides is 1. The van der Waals surface area contributed by atoms with Gasteiger partial charge in [0.25, 0.3) is 0 Å². The molecule has 1 aromatic rings. The molecular formula is C11H16FN5O. The van der Waals surface area contributed by atoms with E-state index in [-0.39, 0.29) is 11.9 Å². The van der Waals surface area contributed by atoms with Crippen molar-refractivity contribution in [3.8, 4) is 0 Å². The van der Waals surface area contributed by atoms with E-state index in [1.54, 1.807) is 11.6 Å². The molecule has 1 N–H and O–H groups in total. The molecule has 2 aliphatic rings. The predicted molar refractivity (Wildman–Crippen MR) is 60.3 cm³/mol. The maximum atomic E-state index is 13.1. The van der Waals surface area contributed by atoms with Crippen molar-refractivity contribution in [1.82, 2.24) is 25.5 Å². The van der Waals surface area contributed by atoms with Crippen LogP contribution in [0.4, 0.5) is 4.39 Å². The fourth-order valence-electron chi connectivity index (χ4n) is 2.34. The van der Waals surface area contributed by atoms with Crippen LogP contribution in [-0.4, -0.2) is 38.3 Å². The standard InChI is InChI=1S/C11H16FN5O/c1-11(6-8(11)12)10(18)13-7-2-3-9-14-15-16-17(9)5-4-7/h7-8H,2-6H2,1H3,(H,13,18). The highest BCUT2D eigenvalue weighted by Gasteiger charge is 2.57. The number of aromatic nitrogens is 4. The maximum absolute atomic E-state index is 13.1. The van der Waals surface area contributed by atoms with E-state index in [2.05, 4.69) is 20.8 Å². The zero-order valence-corrected chi connectivity index (χ0v) is 10.3. The van der Waals surface area contributed by atoms with E-state index in [9.17, 15) is 9.18 Å². The molecule has 18 heavy (non-hydrogen) atoms. The molecule has 1 amide bonds. The van der Waals surface area contributed by atoms with Crippen LogP contribution >= 0.6 is 0 Å². The summed E-state index contributed by atoms with van der Waals surface area (Å²) in [4.78, 5) is 11.9. The van der Waals surface area contributed by atoms with E-state index in [4.69, 9.17) is 0 Å². The first-order valence-electron chi connectivity index (χ1n) is 6.29. The number of hydrogen-bond acceptors (Lipinski definition) is 4. The summed E-state index contributed by atoms with van der Waals surface area (Å²) in [6.07, 6.45) is 1.70. The van der Waals surface area contributed by atoms with Gasteiger partial charge in [-0.3, -0.25) is 4.79 Å². The highest BCUT2D eigenvalue weighted by Crippen LogP contribution is 2.48. The van der Waals surface area contributed by atoms with E-state index >= 15 is 0 Å². The van der Waals surface area contributed by atoms with Crippen LogP contribution < -0.4 is 5.32 Å². The molecule has 3 unspecified atom stereocenters. The Kier molecular flexibility index (Phi) is 2.57. The Labute approximate surface area is 104 Å². The first-order valence-corrected chi connectivity index (χ1v) is 6.29. The summed E-state index contributed by atoms with van der Waals surface area (Å²) in [7, 11) is 0. The molecule has 1 aromatic heterocycles. The summed E-state index contributed by atoms with van der Waals surface area (Å²) < 4.78 is 14.9. The van der Waals surface area contributed by atoms with Gasteiger partial charge in [0.15, 0.2) is 5.82 Å². The maximum Gasteiger partial charge on any atom is 0.229 e. The Morgan fingerprint density at radius 3 is 3.06 bits per heavy atom. The fourth-order valence-corrected chi connectivity index (χ4v) is 2.34. The quantitative estimate of drug-likeness (QED) is 0.819. The molecule has 1 aliphatic heterocycles. The third-order valence-electron chi connectivity index (χ3n) is 4.00. The smallest absolute Gasteiger partial charge is 0.229 e. The van der Waals surface area contributed by atoms with Crippen molar-refractivity contribution in [2.24, 2.45) is 5.41 Å². The lowest BCUT2D eigenvalue weighted by atomic mass is 10.1. The van der Waals surface area contributed by atoms with Crippen LogP contribution in [0.25, 0.3) is 0 Å². The summed E-state index contributed by atoms with van der Waals surface area (Å²) >= 11 is 0. The van der Waals surface area contributed by atoms with Crippen molar-refractivity contribution in [3.63, 3.8) is 0 Å². The molecule has 3 rings (SSSR count). The lowest BCUT2D eigenvalue weighted by molar-refractivity contribution is -0.127. The SMILES string of the molecule is CC1(C(=O)NC2CCc3nnnn3CC2)CC1F. The summed E-state index contributed by atoms with van der Waals surface area (Å²) in [5.41, 5.74) is -0.792. The van der Waals surface area contributed by atoms with Crippen LogP contribution in [0.1, 0.15) is 32.0 Å². The van der Waals surface area contributed by atoms with Crippen molar-refractivity contribution < 1.29 is 9.18 Å². The Morgan fingerprint density at radius 1 is 1.56 bits per heavy atom. The average Bonchev–Trinajstić information content (AvgIpc) is 2.82. The van der Waals surface area contributed by atoms with Crippen molar-refractivity contribution in [2.75, 3.05) is 0 Å². The molecule has 3 atom stereocenters. The number of amides is 1. The van der Waals surface area contributed by atoms with Crippen LogP contribution in [0.2, 0.25) is 0 Å². The van der Waals surface area contributed by atoms with Gasteiger partial charge in [-0.2, -0.15) is 0 Å². The number of hydrogen-bond donors (Lipinski definition) is 1. The topological polar surface area (TPSA) is 72.7 Å². The van der Waals surface area contributed by atoms with Crippen molar-refractivity contribution in [3.05, 3.63) is 5.82 Å². The van der Waals surface area contributed by atoms with E-state index in [1.165, 1.54) is 0 Å². The summed E-state index contributed by atoms with van der Waals surface area (Å²) in [5.74, 6) is 0.693. The Hall–Kier alpha value is -1.53. The number of nitrogens with zero attached hydrogens (tertiary/aromatic N) is 4. The number of tetrazole rings is 1. The number of halogens is 1. The Bertz CT molecular complexity index is 453. The molecule has 6 nitrogen and oxygen atoms in total. The molecular weight excluding hydrogens is 237 g/mol. The van der Waals surface area contributed by atoms with Crippen LogP contribution in [0.3, 0.4) is 0 Å². The number of carbonyl (C=O) groups excluding carboxylic acids is 1. The lowest BCUT2D eigenvalue weighted by Crippen LogP contribution is -2.40. The van der Waals surface area contributed by atoms with Gasteiger partial charge in [0, 0.05) is 19.0 Å². The first kappa shape index (κ1) is 11.6. The van der Waals surface area contributed by atoms with Gasteiger partial charge in [-0.1, -0.05) is 0 Å². The molecule has 2 heterocycles. The summed E-state index contributed by atoms with van der Waals surface area (Å²) in [5, 5.41) is 14.4. The summed E-state index contributed by atoms with van der Waals surface area (Å²) in [6.45, 7) is 2.38. The predicted octanol–water partition coefficient (Wildman–Crippen LogP) is 0.242. The Balaban J connectivity index is 1.59. The largest absolute Gasteiger partial charge is 0.353 e. The van der Waals surface area contributed by atoms with Crippen LogP contribution in [0, 0.1) is 5.41 Å². The molecule has 1 fully saturated rings. The Morgan fingerprint density at radius 2 is 2.33 bits per heavy atom. The monoisotopic (exact) mass is 253 g/mol. The van der Waals surface area contributed by atoms with Gasteiger partial charge in [0.05, 0.1) is 5.41 Å². The normalized spacial score (nSPS) is 34.6. The number of nitrogens with one attached hydrogen (secondary N) is 1. The molecule has 0 saturated heterocycles. The van der Waals surface area contributed by atoms with Gasteiger partial charge >= 0.3 is 0 Å². The number of aryl methyl sites for hydroxylation is 2. The summed E-state index contributed by atoms with van der Waals surface area (Å²) in [6, 6.07) is 0.0747. The van der Waals surface area contributed by atoms with Crippen LogP contribution in [0.15, 0.2) is 0 Å². The fraction of sp³-hybridized carbons (Fsp3) is 0.818. The van der Waals surface area contributed by atoms with E-state index in [0.717, 1.165) is 25.1 Å². The number of rotatable bonds is 2. The lowest BCUT2D eigenvalue weighted by Gasteiger charge is -2.18. The van der Waals surface area contributed by atoms with Crippen molar-refractivity contribution in [2.45, 2.75) is 51.4 Å². The zero-order valence-electron chi connectivity index (χ0n) is 10.3. The molecule has 98 valence electrons. The zero-order chi connectivity index (χ0) is 12.8. The van der Waals surface area contributed by atoms with Gasteiger partial charge in [0.1, 0.15) is 6.17 Å². The minimum absolute atomic E-state index is 0.0747. The van der Waals surface area contributed by atoms with Gasteiger partial charge < -0.3 is 5.32 Å². The van der Waals surface area contributed by atoms with Crippen molar-refractivity contribution >= 4 is 5.91 Å². The molecule has 0 spiro atoms. The number of fused-ring (bicyclic) bond motifs is 1. The van der Waals surface area contributed by atoms with Gasteiger partial charge in [-0.25, -0.2) is 9.07 Å². The van der Waals surface area contributed by atoms with Crippen LogP contribution in [-0.2, 0) is 17.8 Å². The molecule has 7 heteroatoms. The second kappa shape index (κ2) is 4.00.